The lowest BCUT2D eigenvalue weighted by Crippen LogP contribution is -2.26. The molecule has 0 aliphatic carbocycles. The van der Waals surface area contributed by atoms with Crippen molar-refractivity contribution in [3.63, 3.8) is 0 Å². The van der Waals surface area contributed by atoms with Crippen molar-refractivity contribution in [3.8, 4) is 0 Å². The highest BCUT2D eigenvalue weighted by molar-refractivity contribution is 9.10. The van der Waals surface area contributed by atoms with E-state index in [1.165, 1.54) is 11.3 Å². The van der Waals surface area contributed by atoms with Gasteiger partial charge in [-0.2, -0.15) is 0 Å². The Balaban J connectivity index is 2.16. The number of alkyl halides is 1. The van der Waals surface area contributed by atoms with E-state index in [1.54, 1.807) is 0 Å². The molecule has 1 heterocycles. The van der Waals surface area contributed by atoms with Crippen LogP contribution in [0.15, 0.2) is 24.3 Å². The normalized spacial score (nSPS) is 12.9. The van der Waals surface area contributed by atoms with Gasteiger partial charge >= 0.3 is 0 Å². The van der Waals surface area contributed by atoms with Crippen LogP contribution in [0.25, 0.3) is 10.2 Å². The number of thiazole rings is 1. The third-order valence-corrected chi connectivity index (χ3v) is 4.78. The molecular formula is C12H13BrN2OS. The molecule has 0 fully saturated rings. The zero-order chi connectivity index (χ0) is 12.4. The van der Waals surface area contributed by atoms with Crippen molar-refractivity contribution in [1.29, 1.82) is 0 Å². The van der Waals surface area contributed by atoms with Crippen LogP contribution in [0.2, 0.25) is 0 Å². The van der Waals surface area contributed by atoms with Crippen molar-refractivity contribution in [2.24, 2.45) is 5.92 Å². The third kappa shape index (κ3) is 2.84. The minimum absolute atomic E-state index is 0.0425. The predicted octanol–water partition coefficient (Wildman–Crippen LogP) is 3.65. The number of carbonyl (C=O) groups is 1. The Bertz CT molecular complexity index is 505. The second-order valence-electron chi connectivity index (χ2n) is 4.12. The molecule has 0 unspecified atom stereocenters. The van der Waals surface area contributed by atoms with Crippen LogP contribution in [0, 0.1) is 5.92 Å². The van der Waals surface area contributed by atoms with Crippen LogP contribution in [0.3, 0.4) is 0 Å². The number of amides is 1. The Kier molecular flexibility index (Phi) is 3.79. The minimum atomic E-state index is -0.186. The van der Waals surface area contributed by atoms with E-state index in [4.69, 9.17) is 0 Å². The number of hydrogen-bond donors (Lipinski definition) is 1. The molecule has 2 rings (SSSR count). The number of anilines is 1. The van der Waals surface area contributed by atoms with Crippen LogP contribution < -0.4 is 5.32 Å². The number of nitrogens with one attached hydrogen (secondary N) is 1. The molecule has 1 aromatic carbocycles. The maximum Gasteiger partial charge on any atom is 0.240 e. The van der Waals surface area contributed by atoms with E-state index in [2.05, 4.69) is 26.2 Å². The second kappa shape index (κ2) is 5.14. The first-order valence-electron chi connectivity index (χ1n) is 5.38. The molecule has 17 heavy (non-hydrogen) atoms. The molecule has 0 aliphatic heterocycles. The fourth-order valence-electron chi connectivity index (χ4n) is 1.40. The van der Waals surface area contributed by atoms with Gasteiger partial charge in [-0.15, -0.1) is 0 Å². The van der Waals surface area contributed by atoms with Crippen molar-refractivity contribution in [3.05, 3.63) is 24.3 Å². The summed E-state index contributed by atoms with van der Waals surface area (Å²) >= 11 is 4.86. The number of hydrogen-bond acceptors (Lipinski definition) is 3. The predicted molar refractivity (Wildman–Crippen MR) is 75.8 cm³/mol. The molecule has 0 radical (unpaired) electrons. The molecule has 0 spiro atoms. The summed E-state index contributed by atoms with van der Waals surface area (Å²) in [4.78, 5) is 16.0. The summed E-state index contributed by atoms with van der Waals surface area (Å²) in [5.41, 5.74) is 0.920. The molecule has 1 N–H and O–H groups in total. The SMILES string of the molecule is CC(C)[C@@H](Br)C(=O)Nc1nc2ccccc2s1. The maximum absolute atomic E-state index is 11.8. The zero-order valence-corrected chi connectivity index (χ0v) is 12.0. The lowest BCUT2D eigenvalue weighted by Gasteiger charge is -2.11. The molecule has 2 aromatic rings. The number of rotatable bonds is 3. The van der Waals surface area contributed by atoms with Gasteiger partial charge in [0.25, 0.3) is 0 Å². The Morgan fingerprint density at radius 1 is 1.41 bits per heavy atom. The molecule has 0 saturated heterocycles. The summed E-state index contributed by atoms with van der Waals surface area (Å²) in [6, 6.07) is 7.84. The van der Waals surface area contributed by atoms with Gasteiger partial charge in [0, 0.05) is 0 Å². The second-order valence-corrected chi connectivity index (χ2v) is 6.14. The third-order valence-electron chi connectivity index (χ3n) is 2.36. The molecule has 90 valence electrons. The highest BCUT2D eigenvalue weighted by Crippen LogP contribution is 2.26. The first kappa shape index (κ1) is 12.5. The lowest BCUT2D eigenvalue weighted by molar-refractivity contribution is -0.116. The first-order chi connectivity index (χ1) is 8.08. The molecular weight excluding hydrogens is 300 g/mol. The summed E-state index contributed by atoms with van der Waals surface area (Å²) in [5.74, 6) is 0.212. The van der Waals surface area contributed by atoms with Gasteiger partial charge in [-0.1, -0.05) is 53.2 Å². The van der Waals surface area contributed by atoms with Crippen molar-refractivity contribution in [1.82, 2.24) is 4.98 Å². The average molecular weight is 313 g/mol. The standard InChI is InChI=1S/C12H13BrN2OS/c1-7(2)10(13)11(16)15-12-14-8-5-3-4-6-9(8)17-12/h3-7,10H,1-2H3,(H,14,15,16)/t10-/m1/s1. The van der Waals surface area contributed by atoms with Gasteiger partial charge in [0.2, 0.25) is 5.91 Å². The molecule has 1 aromatic heterocycles. The van der Waals surface area contributed by atoms with E-state index < -0.39 is 0 Å². The van der Waals surface area contributed by atoms with Gasteiger partial charge in [0.1, 0.15) is 0 Å². The summed E-state index contributed by atoms with van der Waals surface area (Å²) in [6.07, 6.45) is 0. The van der Waals surface area contributed by atoms with E-state index >= 15 is 0 Å². The minimum Gasteiger partial charge on any atom is -0.301 e. The molecule has 3 nitrogen and oxygen atoms in total. The van der Waals surface area contributed by atoms with Crippen LogP contribution in [-0.4, -0.2) is 15.7 Å². The summed E-state index contributed by atoms with van der Waals surface area (Å²) in [7, 11) is 0. The van der Waals surface area contributed by atoms with Crippen LogP contribution in [0.1, 0.15) is 13.8 Å². The lowest BCUT2D eigenvalue weighted by atomic mass is 10.1. The fourth-order valence-corrected chi connectivity index (χ4v) is 2.39. The van der Waals surface area contributed by atoms with Crippen LogP contribution in [0.4, 0.5) is 5.13 Å². The van der Waals surface area contributed by atoms with E-state index in [0.717, 1.165) is 10.2 Å². The van der Waals surface area contributed by atoms with Crippen LogP contribution in [-0.2, 0) is 4.79 Å². The van der Waals surface area contributed by atoms with E-state index in [0.29, 0.717) is 5.13 Å². The number of halogens is 1. The van der Waals surface area contributed by atoms with Gasteiger partial charge in [0.05, 0.1) is 15.0 Å². The Labute approximate surface area is 112 Å². The monoisotopic (exact) mass is 312 g/mol. The topological polar surface area (TPSA) is 42.0 Å². The molecule has 1 atom stereocenters. The molecule has 0 aliphatic rings. The number of fused-ring (bicyclic) bond motifs is 1. The fraction of sp³-hybridized carbons (Fsp3) is 0.333. The van der Waals surface area contributed by atoms with Crippen molar-refractivity contribution >= 4 is 48.5 Å². The van der Waals surface area contributed by atoms with E-state index in [1.807, 2.05) is 38.1 Å². The smallest absolute Gasteiger partial charge is 0.240 e. The average Bonchev–Trinajstić information content (AvgIpc) is 2.69. The number of benzene rings is 1. The number of nitrogens with zero attached hydrogens (tertiary/aromatic N) is 1. The number of para-hydroxylation sites is 1. The van der Waals surface area contributed by atoms with Gasteiger partial charge in [-0.05, 0) is 18.1 Å². The first-order valence-corrected chi connectivity index (χ1v) is 7.11. The molecule has 5 heteroatoms. The summed E-state index contributed by atoms with van der Waals surface area (Å²) in [5, 5.41) is 3.49. The highest BCUT2D eigenvalue weighted by Gasteiger charge is 2.19. The zero-order valence-electron chi connectivity index (χ0n) is 9.61. The number of aromatic nitrogens is 1. The number of carbonyl (C=O) groups excluding carboxylic acids is 1. The Morgan fingerprint density at radius 3 is 2.76 bits per heavy atom. The molecule has 0 saturated carbocycles. The molecule has 1 amide bonds. The summed E-state index contributed by atoms with van der Waals surface area (Å²) < 4.78 is 1.08. The van der Waals surface area contributed by atoms with E-state index in [-0.39, 0.29) is 16.7 Å². The Hall–Kier alpha value is -0.940. The van der Waals surface area contributed by atoms with Crippen LogP contribution >= 0.6 is 27.3 Å². The van der Waals surface area contributed by atoms with Gasteiger partial charge in [-0.3, -0.25) is 4.79 Å². The maximum atomic E-state index is 11.8. The summed E-state index contributed by atoms with van der Waals surface area (Å²) in [6.45, 7) is 3.99. The molecule has 0 bridgehead atoms. The van der Waals surface area contributed by atoms with Gasteiger partial charge in [0.15, 0.2) is 5.13 Å². The van der Waals surface area contributed by atoms with Crippen LogP contribution in [0.5, 0.6) is 0 Å². The van der Waals surface area contributed by atoms with Gasteiger partial charge < -0.3 is 5.32 Å². The quantitative estimate of drug-likeness (QED) is 0.879. The van der Waals surface area contributed by atoms with Gasteiger partial charge in [-0.25, -0.2) is 4.98 Å². The van der Waals surface area contributed by atoms with Crippen molar-refractivity contribution in [2.45, 2.75) is 18.7 Å². The van der Waals surface area contributed by atoms with E-state index in [9.17, 15) is 4.79 Å². The Morgan fingerprint density at radius 2 is 2.12 bits per heavy atom. The van der Waals surface area contributed by atoms with Crippen molar-refractivity contribution in [2.75, 3.05) is 5.32 Å². The largest absolute Gasteiger partial charge is 0.301 e. The highest BCUT2D eigenvalue weighted by atomic mass is 79.9. The van der Waals surface area contributed by atoms with Crippen molar-refractivity contribution < 1.29 is 4.79 Å².